The molecule has 48 heavy (non-hydrogen) atoms. The molecule has 0 saturated carbocycles. The Morgan fingerprint density at radius 2 is 1.85 bits per heavy atom. The predicted octanol–water partition coefficient (Wildman–Crippen LogP) is 6.69. The number of sulfonamides is 1. The number of aliphatic hydroxyl groups is 1. The number of rotatable bonds is 14. The number of anilines is 1. The van der Waals surface area contributed by atoms with Crippen LogP contribution in [0.5, 0.6) is 0 Å². The summed E-state index contributed by atoms with van der Waals surface area (Å²) in [6.45, 7) is 7.70. The lowest BCUT2D eigenvalue weighted by Crippen LogP contribution is -2.48. The summed E-state index contributed by atoms with van der Waals surface area (Å²) in [5.41, 5.74) is 5.28. The van der Waals surface area contributed by atoms with Gasteiger partial charge < -0.3 is 15.7 Å². The van der Waals surface area contributed by atoms with Crippen molar-refractivity contribution in [3.8, 4) is 0 Å². The van der Waals surface area contributed by atoms with Gasteiger partial charge in [-0.15, -0.1) is 0 Å². The number of alkyl halides is 2. The fourth-order valence-corrected chi connectivity index (χ4v) is 8.39. The number of hydrogen-bond donors (Lipinski definition) is 3. The molecular weight excluding hydrogens is 632 g/mol. The average Bonchev–Trinajstić information content (AvgIpc) is 3.41. The number of nitrogens with one attached hydrogen (secondary N) is 2. The van der Waals surface area contributed by atoms with Crippen LogP contribution in [0, 0.1) is 0 Å². The van der Waals surface area contributed by atoms with Gasteiger partial charge in [0.05, 0.1) is 23.6 Å². The molecule has 1 amide bonds. The molecule has 1 unspecified atom stereocenters. The maximum Gasteiger partial charge on any atom is 0.291 e. The largest absolute Gasteiger partial charge is 0.390 e. The number of carbonyl (C=O) groups excluding carboxylic acids is 1. The number of aliphatic hydroxyl groups excluding tert-OH is 1. The van der Waals surface area contributed by atoms with E-state index < -0.39 is 34.0 Å². The molecule has 1 aliphatic carbocycles. The molecule has 2 aliphatic rings. The Bertz CT molecular complexity index is 1760. The quantitative estimate of drug-likeness (QED) is 0.165. The van der Waals surface area contributed by atoms with Gasteiger partial charge in [0.15, 0.2) is 0 Å². The van der Waals surface area contributed by atoms with Crippen molar-refractivity contribution in [1.82, 2.24) is 10.6 Å². The molecular formula is C38H45F2N3O4S. The third-order valence-corrected chi connectivity index (χ3v) is 11.1. The van der Waals surface area contributed by atoms with Crippen LogP contribution in [0.2, 0.25) is 0 Å². The molecule has 10 heteroatoms. The van der Waals surface area contributed by atoms with Gasteiger partial charge in [0, 0.05) is 36.7 Å². The summed E-state index contributed by atoms with van der Waals surface area (Å²) >= 11 is 0. The number of carbonyl (C=O) groups is 1. The molecule has 3 atom stereocenters. The molecule has 0 spiro atoms. The van der Waals surface area contributed by atoms with Crippen LogP contribution in [0.3, 0.4) is 0 Å². The van der Waals surface area contributed by atoms with E-state index in [1.165, 1.54) is 16.4 Å². The number of allylic oxidation sites excluding steroid dienone is 3. The van der Waals surface area contributed by atoms with Crippen LogP contribution in [0.1, 0.15) is 83.6 Å². The summed E-state index contributed by atoms with van der Waals surface area (Å²) in [6, 6.07) is 18.4. The number of benzene rings is 3. The second-order valence-corrected chi connectivity index (χ2v) is 14.6. The molecule has 1 heterocycles. The van der Waals surface area contributed by atoms with E-state index >= 15 is 0 Å². The molecule has 7 nitrogen and oxygen atoms in total. The topological polar surface area (TPSA) is 98.7 Å². The summed E-state index contributed by atoms with van der Waals surface area (Å²) in [6.07, 6.45) is 5.20. The minimum atomic E-state index is -3.57. The van der Waals surface area contributed by atoms with Crippen LogP contribution in [-0.2, 0) is 28.9 Å². The molecule has 0 bridgehead atoms. The second-order valence-electron chi connectivity index (χ2n) is 12.6. The molecule has 0 radical (unpaired) electrons. The molecule has 0 fully saturated rings. The van der Waals surface area contributed by atoms with Crippen LogP contribution in [0.15, 0.2) is 85.5 Å². The van der Waals surface area contributed by atoms with Gasteiger partial charge in [0.2, 0.25) is 10.0 Å². The van der Waals surface area contributed by atoms with Crippen LogP contribution in [-0.4, -0.2) is 50.4 Å². The fraction of sp³-hybridized carbons (Fsp3) is 0.395. The standard InChI is InChI=1S/C38H45F2N3O4S/c1-4-12-28-21-29-16-11-18-48(46,47)43(6-3)34-23-30(22-32(28)36(29)34)37(45)42-33(20-26-13-8-7-9-14-26)35(44)25-41-24-27-15-10-17-31(19-27)38(39,40)5-2/h5,7-10,13-15,17,19,21-23,29,33,35,41,44H,2,4,6,11-12,16,18,20,24-25H2,1,3H3,(H,42,45)/t29?,33-,35+/m0/s1. The molecule has 3 aromatic carbocycles. The predicted molar refractivity (Wildman–Crippen MR) is 188 cm³/mol. The summed E-state index contributed by atoms with van der Waals surface area (Å²) in [5.74, 6) is -3.41. The van der Waals surface area contributed by atoms with Gasteiger partial charge >= 0.3 is 0 Å². The van der Waals surface area contributed by atoms with Crippen LogP contribution in [0.4, 0.5) is 14.5 Å². The van der Waals surface area contributed by atoms with E-state index in [1.54, 1.807) is 18.2 Å². The van der Waals surface area contributed by atoms with Crippen molar-refractivity contribution in [3.05, 3.63) is 119 Å². The normalized spacial score (nSPS) is 18.2. The molecule has 0 aromatic heterocycles. The van der Waals surface area contributed by atoms with Crippen molar-refractivity contribution in [2.75, 3.05) is 23.1 Å². The SMILES string of the molecule is C=CC(F)(F)c1cccc(CNC[C@@H](O)[C@H](Cc2ccccc2)NC(=O)c2cc3c4c(c2)N(CC)S(=O)(=O)CCCC4C=C3CCC)c1. The van der Waals surface area contributed by atoms with Crippen molar-refractivity contribution in [3.63, 3.8) is 0 Å². The number of hydrogen-bond acceptors (Lipinski definition) is 5. The Morgan fingerprint density at radius 1 is 1.10 bits per heavy atom. The number of nitrogens with zero attached hydrogens (tertiary/aromatic N) is 1. The van der Waals surface area contributed by atoms with Gasteiger partial charge in [0.25, 0.3) is 11.8 Å². The molecule has 0 saturated heterocycles. The Kier molecular flexibility index (Phi) is 11.2. The Hall–Kier alpha value is -3.86. The summed E-state index contributed by atoms with van der Waals surface area (Å²) in [5, 5.41) is 17.6. The molecule has 1 aliphatic heterocycles. The van der Waals surface area contributed by atoms with E-state index in [4.69, 9.17) is 0 Å². The van der Waals surface area contributed by atoms with E-state index in [-0.39, 0.29) is 36.9 Å². The Morgan fingerprint density at radius 3 is 2.56 bits per heavy atom. The van der Waals surface area contributed by atoms with E-state index in [2.05, 4.69) is 30.2 Å². The monoisotopic (exact) mass is 677 g/mol. The fourth-order valence-electron chi connectivity index (χ4n) is 6.79. The van der Waals surface area contributed by atoms with Gasteiger partial charge in [0.1, 0.15) is 0 Å². The highest BCUT2D eigenvalue weighted by molar-refractivity contribution is 7.92. The zero-order valence-electron chi connectivity index (χ0n) is 27.6. The summed E-state index contributed by atoms with van der Waals surface area (Å²) < 4.78 is 56.5. The average molecular weight is 678 g/mol. The smallest absolute Gasteiger partial charge is 0.291 e. The van der Waals surface area contributed by atoms with Gasteiger partial charge in [-0.25, -0.2) is 8.42 Å². The van der Waals surface area contributed by atoms with Crippen molar-refractivity contribution in [2.24, 2.45) is 0 Å². The number of amides is 1. The third-order valence-electron chi connectivity index (χ3n) is 9.20. The Labute approximate surface area is 282 Å². The van der Waals surface area contributed by atoms with E-state index in [0.29, 0.717) is 35.7 Å². The maximum atomic E-state index is 14.2. The first kappa shape index (κ1) is 35.4. The lowest BCUT2D eigenvalue weighted by atomic mass is 9.91. The van der Waals surface area contributed by atoms with Crippen molar-refractivity contribution in [2.45, 2.75) is 76.5 Å². The zero-order chi connectivity index (χ0) is 34.5. The first-order valence-electron chi connectivity index (χ1n) is 16.7. The molecule has 3 aromatic rings. The molecule has 3 N–H and O–H groups in total. The van der Waals surface area contributed by atoms with Gasteiger partial charge in [-0.3, -0.25) is 9.10 Å². The van der Waals surface area contributed by atoms with Crippen LogP contribution < -0.4 is 14.9 Å². The van der Waals surface area contributed by atoms with Crippen LogP contribution >= 0.6 is 0 Å². The zero-order valence-corrected chi connectivity index (χ0v) is 28.4. The summed E-state index contributed by atoms with van der Waals surface area (Å²) in [4.78, 5) is 14.0. The highest BCUT2D eigenvalue weighted by atomic mass is 32.2. The first-order valence-corrected chi connectivity index (χ1v) is 18.3. The summed E-state index contributed by atoms with van der Waals surface area (Å²) in [7, 11) is -3.57. The van der Waals surface area contributed by atoms with Crippen molar-refractivity contribution < 1.29 is 27.1 Å². The lowest BCUT2D eigenvalue weighted by Gasteiger charge is -2.31. The first-order chi connectivity index (χ1) is 23.0. The van der Waals surface area contributed by atoms with Gasteiger partial charge in [-0.05, 0) is 84.7 Å². The van der Waals surface area contributed by atoms with Gasteiger partial charge in [-0.1, -0.05) is 74.5 Å². The minimum Gasteiger partial charge on any atom is -0.390 e. The molecule has 5 rings (SSSR count). The minimum absolute atomic E-state index is 0.0544. The highest BCUT2D eigenvalue weighted by Crippen LogP contribution is 2.47. The van der Waals surface area contributed by atoms with E-state index in [1.807, 2.05) is 43.3 Å². The van der Waals surface area contributed by atoms with E-state index in [9.17, 15) is 27.1 Å². The van der Waals surface area contributed by atoms with Crippen LogP contribution in [0.25, 0.3) is 5.57 Å². The van der Waals surface area contributed by atoms with Crippen molar-refractivity contribution >= 4 is 27.2 Å². The lowest BCUT2D eigenvalue weighted by molar-refractivity contribution is 0.0524. The maximum absolute atomic E-state index is 14.2. The highest BCUT2D eigenvalue weighted by Gasteiger charge is 2.35. The van der Waals surface area contributed by atoms with E-state index in [0.717, 1.165) is 41.5 Å². The number of halogens is 2. The Balaban J connectivity index is 1.41. The van der Waals surface area contributed by atoms with Gasteiger partial charge in [-0.2, -0.15) is 8.78 Å². The molecule has 256 valence electrons. The second kappa shape index (κ2) is 15.1. The van der Waals surface area contributed by atoms with Crippen molar-refractivity contribution in [1.29, 1.82) is 0 Å². The third kappa shape index (κ3) is 7.88.